The van der Waals surface area contributed by atoms with Gasteiger partial charge in [0.05, 0.1) is 10.8 Å². The van der Waals surface area contributed by atoms with Crippen molar-refractivity contribution in [2.45, 2.75) is 52.7 Å². The summed E-state index contributed by atoms with van der Waals surface area (Å²) in [4.78, 5) is 49.3. The summed E-state index contributed by atoms with van der Waals surface area (Å²) in [7, 11) is 0. The van der Waals surface area contributed by atoms with Gasteiger partial charge in [0.25, 0.3) is 5.69 Å². The molecule has 0 radical (unpaired) electrons. The topological polar surface area (TPSA) is 113 Å². The van der Waals surface area contributed by atoms with E-state index in [0.29, 0.717) is 0 Å². The lowest BCUT2D eigenvalue weighted by atomic mass is 9.82. The van der Waals surface area contributed by atoms with Gasteiger partial charge in [-0.3, -0.25) is 24.5 Å². The molecule has 2 rings (SSSR count). The molecule has 1 aromatic rings. The number of nitro benzene ring substituents is 1. The Morgan fingerprint density at radius 1 is 1.17 bits per heavy atom. The lowest BCUT2D eigenvalue weighted by Gasteiger charge is -2.41. The minimum atomic E-state index is -1.41. The monoisotopic (exact) mass is 423 g/mol. The first-order valence-electron chi connectivity index (χ1n) is 8.89. The fourth-order valence-corrected chi connectivity index (χ4v) is 3.18. The van der Waals surface area contributed by atoms with Gasteiger partial charge in [0.2, 0.25) is 11.6 Å². The molecule has 1 aromatic carbocycles. The summed E-state index contributed by atoms with van der Waals surface area (Å²) in [5.74, 6) is -3.15. The highest BCUT2D eigenvalue weighted by molar-refractivity contribution is 6.32. The minimum Gasteiger partial charge on any atom is -0.427 e. The van der Waals surface area contributed by atoms with E-state index in [-0.39, 0.29) is 16.3 Å². The van der Waals surface area contributed by atoms with Crippen LogP contribution < -0.4 is 0 Å². The smallest absolute Gasteiger partial charge is 0.313 e. The third-order valence-corrected chi connectivity index (χ3v) is 4.60. The molecule has 8 nitrogen and oxygen atoms in total. The van der Waals surface area contributed by atoms with Gasteiger partial charge in [0.1, 0.15) is 22.3 Å². The summed E-state index contributed by atoms with van der Waals surface area (Å²) in [6.07, 6.45) is 0. The van der Waals surface area contributed by atoms with Gasteiger partial charge in [-0.1, -0.05) is 25.4 Å². The van der Waals surface area contributed by atoms with E-state index < -0.39 is 50.8 Å². The Kier molecular flexibility index (Phi) is 6.02. The fourth-order valence-electron chi connectivity index (χ4n) is 3.02. The summed E-state index contributed by atoms with van der Waals surface area (Å²) in [5.41, 5.74) is -4.07. The zero-order chi connectivity index (χ0) is 22.3. The van der Waals surface area contributed by atoms with Crippen LogP contribution in [-0.4, -0.2) is 33.7 Å². The van der Waals surface area contributed by atoms with Gasteiger partial charge in [-0.05, 0) is 39.8 Å². The van der Waals surface area contributed by atoms with Crippen molar-refractivity contribution in [3.8, 4) is 0 Å². The quantitative estimate of drug-likeness (QED) is 0.231. The van der Waals surface area contributed by atoms with E-state index in [1.807, 2.05) is 0 Å². The number of Topliss-reactive ketones (excluding diaryl/α,β-unsaturated/α-hetero) is 2. The number of carbonyl (C=O) groups is 3. The van der Waals surface area contributed by atoms with Crippen LogP contribution in [0.25, 0.3) is 0 Å². The number of hydrogen-bond donors (Lipinski definition) is 0. The first-order valence-corrected chi connectivity index (χ1v) is 9.27. The van der Waals surface area contributed by atoms with Crippen LogP contribution in [0.5, 0.6) is 0 Å². The molecule has 0 unspecified atom stereocenters. The molecule has 1 aliphatic rings. The Hall–Kier alpha value is -2.58. The van der Waals surface area contributed by atoms with Crippen molar-refractivity contribution in [2.24, 2.45) is 5.92 Å². The number of ether oxygens (including phenoxy) is 2. The second-order valence-corrected chi connectivity index (χ2v) is 8.42. The van der Waals surface area contributed by atoms with Crippen molar-refractivity contribution in [3.05, 3.63) is 50.2 Å². The molecule has 0 aromatic heterocycles. The molecule has 0 saturated heterocycles. The first-order chi connectivity index (χ1) is 13.2. The Morgan fingerprint density at radius 3 is 2.28 bits per heavy atom. The van der Waals surface area contributed by atoms with Gasteiger partial charge in [-0.2, -0.15) is 0 Å². The zero-order valence-corrected chi connectivity index (χ0v) is 17.7. The average Bonchev–Trinajstić information content (AvgIpc) is 2.58. The normalized spacial score (nSPS) is 18.0. The van der Waals surface area contributed by atoms with E-state index >= 15 is 0 Å². The zero-order valence-electron chi connectivity index (χ0n) is 17.0. The summed E-state index contributed by atoms with van der Waals surface area (Å²) >= 11 is 5.82. The number of carbonyl (C=O) groups excluding carboxylic acids is 3. The van der Waals surface area contributed by atoms with Crippen LogP contribution in [0.15, 0.2) is 29.5 Å². The SMILES string of the molecule is CC(C)C(=O)OC1=C(C(=O)c2ccc(Cl)cc2[N+](=O)[O-])C(=O)C(C)(C)OC1(C)C. The number of nitrogens with zero attached hydrogens (tertiary/aromatic N) is 1. The van der Waals surface area contributed by atoms with Crippen LogP contribution in [0.4, 0.5) is 5.69 Å². The highest BCUT2D eigenvalue weighted by Gasteiger charge is 2.51. The number of hydrogen-bond acceptors (Lipinski definition) is 7. The minimum absolute atomic E-state index is 0.0626. The standard InChI is InChI=1S/C20H22ClNO7/c1-10(2)18(25)28-17-14(16(24)19(3,4)29-20(17,5)6)15(23)12-8-7-11(21)9-13(12)22(26)27/h7-10H,1-6H3. The second kappa shape index (κ2) is 7.68. The molecular formula is C20H22ClNO7. The molecule has 29 heavy (non-hydrogen) atoms. The summed E-state index contributed by atoms with van der Waals surface area (Å²) in [6, 6.07) is 3.50. The van der Waals surface area contributed by atoms with Gasteiger partial charge >= 0.3 is 5.97 Å². The van der Waals surface area contributed by atoms with Gasteiger partial charge < -0.3 is 9.47 Å². The lowest BCUT2D eigenvalue weighted by molar-refractivity contribution is -0.385. The van der Waals surface area contributed by atoms with E-state index in [0.717, 1.165) is 6.07 Å². The molecular weight excluding hydrogens is 402 g/mol. The van der Waals surface area contributed by atoms with Crippen LogP contribution in [0.2, 0.25) is 5.02 Å². The van der Waals surface area contributed by atoms with E-state index in [1.54, 1.807) is 27.7 Å². The summed E-state index contributed by atoms with van der Waals surface area (Å²) in [5, 5.41) is 11.5. The number of benzene rings is 1. The third kappa shape index (κ3) is 4.38. The number of ketones is 2. The molecule has 0 saturated carbocycles. The van der Waals surface area contributed by atoms with E-state index in [9.17, 15) is 24.5 Å². The average molecular weight is 424 g/mol. The van der Waals surface area contributed by atoms with Crippen LogP contribution in [0, 0.1) is 16.0 Å². The predicted molar refractivity (Wildman–Crippen MR) is 105 cm³/mol. The molecule has 0 bridgehead atoms. The Labute approximate surface area is 173 Å². The Balaban J connectivity index is 2.78. The van der Waals surface area contributed by atoms with Gasteiger partial charge in [0, 0.05) is 11.1 Å². The number of nitro groups is 1. The molecule has 0 N–H and O–H groups in total. The highest BCUT2D eigenvalue weighted by Crippen LogP contribution is 2.40. The molecule has 0 spiro atoms. The molecule has 156 valence electrons. The maximum atomic E-state index is 13.3. The first kappa shape index (κ1) is 22.7. The molecule has 1 heterocycles. The lowest BCUT2D eigenvalue weighted by Crippen LogP contribution is -2.52. The molecule has 0 atom stereocenters. The molecule has 0 fully saturated rings. The van der Waals surface area contributed by atoms with Crippen molar-refractivity contribution in [2.75, 3.05) is 0 Å². The van der Waals surface area contributed by atoms with Crippen molar-refractivity contribution in [1.29, 1.82) is 0 Å². The number of halogens is 1. The molecule has 1 aliphatic heterocycles. The largest absolute Gasteiger partial charge is 0.427 e. The van der Waals surface area contributed by atoms with E-state index in [2.05, 4.69) is 0 Å². The maximum Gasteiger partial charge on any atom is 0.313 e. The predicted octanol–water partition coefficient (Wildman–Crippen LogP) is 4.04. The Morgan fingerprint density at radius 2 is 1.76 bits per heavy atom. The fraction of sp³-hybridized carbons (Fsp3) is 0.450. The van der Waals surface area contributed by atoms with Gasteiger partial charge in [-0.15, -0.1) is 0 Å². The van der Waals surface area contributed by atoms with Gasteiger partial charge in [0.15, 0.2) is 5.76 Å². The summed E-state index contributed by atoms with van der Waals surface area (Å²) in [6.45, 7) is 9.23. The van der Waals surface area contributed by atoms with Crippen molar-refractivity contribution < 1.29 is 28.8 Å². The second-order valence-electron chi connectivity index (χ2n) is 7.98. The molecule has 0 amide bonds. The van der Waals surface area contributed by atoms with Crippen LogP contribution >= 0.6 is 11.6 Å². The van der Waals surface area contributed by atoms with Gasteiger partial charge in [-0.25, -0.2) is 0 Å². The molecule has 9 heteroatoms. The summed E-state index contributed by atoms with van der Waals surface area (Å²) < 4.78 is 11.2. The highest BCUT2D eigenvalue weighted by atomic mass is 35.5. The van der Waals surface area contributed by atoms with Crippen LogP contribution in [0.3, 0.4) is 0 Å². The van der Waals surface area contributed by atoms with Crippen molar-refractivity contribution in [3.63, 3.8) is 0 Å². The maximum absolute atomic E-state index is 13.3. The Bertz CT molecular complexity index is 944. The van der Waals surface area contributed by atoms with E-state index in [1.165, 1.54) is 26.0 Å². The van der Waals surface area contributed by atoms with Crippen molar-refractivity contribution in [1.82, 2.24) is 0 Å². The van der Waals surface area contributed by atoms with Crippen LogP contribution in [0.1, 0.15) is 51.9 Å². The number of esters is 1. The van der Waals surface area contributed by atoms with Crippen LogP contribution in [-0.2, 0) is 19.1 Å². The third-order valence-electron chi connectivity index (χ3n) is 4.36. The van der Waals surface area contributed by atoms with E-state index in [4.69, 9.17) is 21.1 Å². The number of rotatable bonds is 5. The molecule has 0 aliphatic carbocycles. The van der Waals surface area contributed by atoms with Crippen molar-refractivity contribution >= 4 is 34.8 Å².